The second-order valence-corrected chi connectivity index (χ2v) is 10.3. The Labute approximate surface area is 224 Å². The van der Waals surface area contributed by atoms with Gasteiger partial charge in [0.2, 0.25) is 0 Å². The number of rotatable bonds is 5. The third kappa shape index (κ3) is 3.76. The Morgan fingerprint density at radius 3 is 2.47 bits per heavy atom. The molecular formula is C33H24N4S. The lowest BCUT2D eigenvalue weighted by Gasteiger charge is -2.17. The summed E-state index contributed by atoms with van der Waals surface area (Å²) in [5.41, 5.74) is 7.43. The quantitative estimate of drug-likeness (QED) is 0.219. The molecule has 4 nitrogen and oxygen atoms in total. The SMILES string of the molecule is C=N/C(=C\N1C=CC=CC1)c1ccc(-n2c3ccccc3c3ccc4sc(-c5ccccc5)nc4c32)cc1. The van der Waals surface area contributed by atoms with Gasteiger partial charge in [0.1, 0.15) is 10.5 Å². The molecule has 0 amide bonds. The highest BCUT2D eigenvalue weighted by molar-refractivity contribution is 7.21. The van der Waals surface area contributed by atoms with Crippen LogP contribution in [0.1, 0.15) is 5.56 Å². The average molecular weight is 509 g/mol. The minimum atomic E-state index is 0.823. The van der Waals surface area contributed by atoms with E-state index in [1.165, 1.54) is 21.0 Å². The van der Waals surface area contributed by atoms with Gasteiger partial charge in [-0.3, -0.25) is 4.99 Å². The van der Waals surface area contributed by atoms with Crippen molar-refractivity contribution < 1.29 is 0 Å². The number of aliphatic imine (C=N–C) groups is 1. The first-order valence-electron chi connectivity index (χ1n) is 12.6. The van der Waals surface area contributed by atoms with Gasteiger partial charge in [-0.05, 0) is 37.1 Å². The lowest BCUT2D eigenvalue weighted by Crippen LogP contribution is -2.11. The van der Waals surface area contributed by atoms with Crippen LogP contribution >= 0.6 is 11.3 Å². The van der Waals surface area contributed by atoms with Crippen LogP contribution < -0.4 is 0 Å². The standard InChI is InChI=1S/C33H24N4S/c1-34-28(22-36-20-8-3-9-21-36)23-14-16-25(17-15-23)37-29-13-7-6-12-26(29)27-18-19-30-31(32(27)37)35-33(38-30)24-10-4-2-5-11-24/h2-20,22H,1,21H2/b28-22-. The maximum Gasteiger partial charge on any atom is 0.124 e. The lowest BCUT2D eigenvalue weighted by atomic mass is 10.1. The van der Waals surface area contributed by atoms with Gasteiger partial charge < -0.3 is 9.47 Å². The van der Waals surface area contributed by atoms with E-state index in [4.69, 9.17) is 4.98 Å². The van der Waals surface area contributed by atoms with Gasteiger partial charge in [0.05, 0.1) is 21.4 Å². The Morgan fingerprint density at radius 1 is 0.868 bits per heavy atom. The summed E-state index contributed by atoms with van der Waals surface area (Å²) in [6.07, 6.45) is 10.3. The van der Waals surface area contributed by atoms with E-state index < -0.39 is 0 Å². The number of aromatic nitrogens is 2. The van der Waals surface area contributed by atoms with Gasteiger partial charge in [-0.25, -0.2) is 4.98 Å². The Bertz CT molecular complexity index is 1900. The molecule has 0 saturated heterocycles. The maximum atomic E-state index is 5.16. The predicted molar refractivity (Wildman–Crippen MR) is 162 cm³/mol. The Hall–Kier alpha value is -4.74. The first kappa shape index (κ1) is 22.5. The lowest BCUT2D eigenvalue weighted by molar-refractivity contribution is 0.561. The average Bonchev–Trinajstić information content (AvgIpc) is 3.57. The van der Waals surface area contributed by atoms with Crippen molar-refractivity contribution in [1.82, 2.24) is 14.5 Å². The summed E-state index contributed by atoms with van der Waals surface area (Å²) in [6, 6.07) is 32.0. The topological polar surface area (TPSA) is 33.4 Å². The highest BCUT2D eigenvalue weighted by Gasteiger charge is 2.18. The van der Waals surface area contributed by atoms with Crippen molar-refractivity contribution in [3.63, 3.8) is 0 Å². The first-order valence-corrected chi connectivity index (χ1v) is 13.4. The number of thiazole rings is 1. The largest absolute Gasteiger partial charge is 0.348 e. The molecule has 0 unspecified atom stereocenters. The Morgan fingerprint density at radius 2 is 1.68 bits per heavy atom. The Balaban J connectivity index is 1.40. The number of hydrogen-bond acceptors (Lipinski definition) is 4. The summed E-state index contributed by atoms with van der Waals surface area (Å²) in [5.74, 6) is 0. The second kappa shape index (κ2) is 9.29. The van der Waals surface area contributed by atoms with Gasteiger partial charge in [0.15, 0.2) is 0 Å². The van der Waals surface area contributed by atoms with Crippen molar-refractivity contribution in [2.24, 2.45) is 4.99 Å². The molecule has 3 heterocycles. The normalized spacial score (nSPS) is 13.7. The molecule has 38 heavy (non-hydrogen) atoms. The fourth-order valence-electron chi connectivity index (χ4n) is 5.14. The minimum Gasteiger partial charge on any atom is -0.348 e. The van der Waals surface area contributed by atoms with E-state index in [-0.39, 0.29) is 0 Å². The van der Waals surface area contributed by atoms with Gasteiger partial charge in [-0.2, -0.15) is 0 Å². The molecule has 5 heteroatoms. The molecular weight excluding hydrogens is 484 g/mol. The van der Waals surface area contributed by atoms with Gasteiger partial charge in [-0.1, -0.05) is 78.9 Å². The number of para-hydroxylation sites is 1. The van der Waals surface area contributed by atoms with Crippen molar-refractivity contribution in [3.05, 3.63) is 127 Å². The smallest absolute Gasteiger partial charge is 0.124 e. The van der Waals surface area contributed by atoms with Crippen LogP contribution in [0, 0.1) is 0 Å². The Kier molecular flexibility index (Phi) is 5.49. The van der Waals surface area contributed by atoms with E-state index in [1.807, 2.05) is 30.6 Å². The number of fused-ring (bicyclic) bond motifs is 5. The fraction of sp³-hybridized carbons (Fsp3) is 0.0303. The van der Waals surface area contributed by atoms with Crippen molar-refractivity contribution >= 4 is 55.8 Å². The molecule has 1 aliphatic heterocycles. The predicted octanol–water partition coefficient (Wildman–Crippen LogP) is 8.44. The summed E-state index contributed by atoms with van der Waals surface area (Å²) in [6.45, 7) is 4.64. The number of benzene rings is 4. The molecule has 0 saturated carbocycles. The number of allylic oxidation sites excluding steroid dienone is 2. The molecule has 2 aromatic heterocycles. The first-order chi connectivity index (χ1) is 18.8. The summed E-state index contributed by atoms with van der Waals surface area (Å²) in [4.78, 5) is 11.6. The molecule has 7 rings (SSSR count). The highest BCUT2D eigenvalue weighted by Crippen LogP contribution is 2.40. The molecule has 1 aliphatic rings. The van der Waals surface area contributed by atoms with Crippen LogP contribution in [-0.4, -0.2) is 27.7 Å². The molecule has 0 aliphatic carbocycles. The summed E-state index contributed by atoms with van der Waals surface area (Å²) < 4.78 is 3.52. The van der Waals surface area contributed by atoms with Crippen LogP contribution in [0.3, 0.4) is 0 Å². The van der Waals surface area contributed by atoms with E-state index in [1.54, 1.807) is 11.3 Å². The van der Waals surface area contributed by atoms with E-state index in [2.05, 4.69) is 112 Å². The van der Waals surface area contributed by atoms with Crippen LogP contribution in [0.25, 0.3) is 54.0 Å². The van der Waals surface area contributed by atoms with Crippen molar-refractivity contribution in [3.8, 4) is 16.3 Å². The van der Waals surface area contributed by atoms with E-state index in [0.29, 0.717) is 0 Å². The molecule has 6 aromatic rings. The third-order valence-corrected chi connectivity index (χ3v) is 8.00. The monoisotopic (exact) mass is 508 g/mol. The van der Waals surface area contributed by atoms with Gasteiger partial charge in [0.25, 0.3) is 0 Å². The molecule has 4 aromatic carbocycles. The number of hydrogen-bond donors (Lipinski definition) is 0. The van der Waals surface area contributed by atoms with Crippen LogP contribution in [0.15, 0.2) is 127 Å². The van der Waals surface area contributed by atoms with Crippen LogP contribution in [0.4, 0.5) is 0 Å². The highest BCUT2D eigenvalue weighted by atomic mass is 32.1. The minimum absolute atomic E-state index is 0.823. The molecule has 182 valence electrons. The molecule has 0 bridgehead atoms. The van der Waals surface area contributed by atoms with E-state index in [9.17, 15) is 0 Å². The van der Waals surface area contributed by atoms with Crippen molar-refractivity contribution in [2.75, 3.05) is 6.54 Å². The van der Waals surface area contributed by atoms with Gasteiger partial charge >= 0.3 is 0 Å². The number of nitrogens with zero attached hydrogens (tertiary/aromatic N) is 4. The summed E-state index contributed by atoms with van der Waals surface area (Å²) in [7, 11) is 0. The zero-order chi connectivity index (χ0) is 25.5. The third-order valence-electron chi connectivity index (χ3n) is 6.93. The van der Waals surface area contributed by atoms with E-state index in [0.717, 1.165) is 45.1 Å². The van der Waals surface area contributed by atoms with Crippen LogP contribution in [-0.2, 0) is 0 Å². The molecule has 0 fully saturated rings. The second-order valence-electron chi connectivity index (χ2n) is 9.23. The van der Waals surface area contributed by atoms with Gasteiger partial charge in [-0.15, -0.1) is 11.3 Å². The summed E-state index contributed by atoms with van der Waals surface area (Å²) >= 11 is 1.74. The molecule has 0 radical (unpaired) electrons. The molecule has 0 spiro atoms. The zero-order valence-corrected chi connectivity index (χ0v) is 21.5. The van der Waals surface area contributed by atoms with Crippen molar-refractivity contribution in [2.45, 2.75) is 0 Å². The fourth-order valence-corrected chi connectivity index (χ4v) is 6.11. The van der Waals surface area contributed by atoms with Crippen LogP contribution in [0.2, 0.25) is 0 Å². The molecule has 0 atom stereocenters. The van der Waals surface area contributed by atoms with Gasteiger partial charge in [0, 0.05) is 46.5 Å². The summed E-state index contributed by atoms with van der Waals surface area (Å²) in [5, 5.41) is 3.47. The maximum absolute atomic E-state index is 5.16. The zero-order valence-electron chi connectivity index (χ0n) is 20.7. The van der Waals surface area contributed by atoms with E-state index >= 15 is 0 Å². The molecule has 0 N–H and O–H groups in total. The van der Waals surface area contributed by atoms with Crippen molar-refractivity contribution in [1.29, 1.82) is 0 Å². The van der Waals surface area contributed by atoms with Crippen LogP contribution in [0.5, 0.6) is 0 Å².